The maximum absolute atomic E-state index is 12.6. The number of unbranched alkanes of at least 4 members (excludes halogenated alkanes) is 1. The van der Waals surface area contributed by atoms with Gasteiger partial charge in [-0.05, 0) is 26.7 Å². The zero-order chi connectivity index (χ0) is 29.1. The molecule has 0 bridgehead atoms. The zero-order valence-corrected chi connectivity index (χ0v) is 25.4. The summed E-state index contributed by atoms with van der Waals surface area (Å²) in [5.41, 5.74) is -0.762. The molecular formula is C24H28Cl2N8O4S2. The lowest BCUT2D eigenvalue weighted by atomic mass is 10.4. The van der Waals surface area contributed by atoms with Crippen LogP contribution < -0.4 is 22.5 Å². The summed E-state index contributed by atoms with van der Waals surface area (Å²) in [6, 6.07) is 0. The van der Waals surface area contributed by atoms with Gasteiger partial charge in [-0.3, -0.25) is 28.7 Å². The van der Waals surface area contributed by atoms with Crippen molar-refractivity contribution in [2.75, 3.05) is 11.5 Å². The number of aryl methyl sites for hydroxylation is 2. The number of hydrogen-bond donors (Lipinski definition) is 2. The molecule has 16 heteroatoms. The number of nitrogens with one attached hydrogen (secondary N) is 2. The topological polar surface area (TPSA) is 145 Å². The van der Waals surface area contributed by atoms with Crippen molar-refractivity contribution in [3.63, 3.8) is 0 Å². The molecule has 0 aliphatic carbocycles. The largest absolute Gasteiger partial charge is 0.329 e. The van der Waals surface area contributed by atoms with Crippen LogP contribution in [0.15, 0.2) is 51.7 Å². The number of rotatable bonds is 11. The molecule has 0 fully saturated rings. The Bertz CT molecular complexity index is 1730. The number of aromatic amines is 2. The third-order valence-corrected chi connectivity index (χ3v) is 8.49. The highest BCUT2D eigenvalue weighted by Gasteiger charge is 2.18. The summed E-state index contributed by atoms with van der Waals surface area (Å²) in [5.74, 6) is 1.44. The van der Waals surface area contributed by atoms with E-state index < -0.39 is 22.5 Å². The van der Waals surface area contributed by atoms with Gasteiger partial charge in [0.25, 0.3) is 11.1 Å². The van der Waals surface area contributed by atoms with Crippen molar-refractivity contribution in [1.82, 2.24) is 38.2 Å². The molecule has 214 valence electrons. The molecular weight excluding hydrogens is 599 g/mol. The summed E-state index contributed by atoms with van der Waals surface area (Å²) in [6.45, 7) is 4.20. The fourth-order valence-electron chi connectivity index (χ4n) is 3.95. The van der Waals surface area contributed by atoms with E-state index in [0.717, 1.165) is 24.3 Å². The number of aromatic nitrogens is 8. The molecule has 4 heterocycles. The minimum absolute atomic E-state index is 0.317. The van der Waals surface area contributed by atoms with E-state index in [1.54, 1.807) is 49.2 Å². The standard InChI is InChI=1S/C24H28Cl2N8O4S2/c1-13(25)7-9-33-15-17(31(3)21(37)29-19(15)35)27-23(33)39-11-5-6-12-40-24-28-18-16(34(24)10-8-14(2)26)20(36)30-22(38)32(18)4/h7-8H,5-6,9-12H2,1-4H3,(H,29,35,37)(H,30,36,38)/b13-7-,14-8-. The van der Waals surface area contributed by atoms with Crippen LogP contribution in [-0.2, 0) is 27.2 Å². The number of thioether (sulfide) groups is 2. The maximum atomic E-state index is 12.6. The summed E-state index contributed by atoms with van der Waals surface area (Å²) < 4.78 is 6.16. The normalized spacial score (nSPS) is 12.8. The quantitative estimate of drug-likeness (QED) is 0.191. The van der Waals surface area contributed by atoms with Crippen LogP contribution in [0, 0.1) is 0 Å². The van der Waals surface area contributed by atoms with Crippen LogP contribution in [0.3, 0.4) is 0 Å². The SMILES string of the molecule is C/C(Cl)=C/Cn1c(SCCCCSc2nc3c(c(=O)[nH]c(=O)n3C)n2C/C=C(/C)Cl)nc2c1c(=O)[nH]c(=O)n2C. The third-order valence-electron chi connectivity index (χ3n) is 6.06. The van der Waals surface area contributed by atoms with Crippen molar-refractivity contribution >= 4 is 69.1 Å². The monoisotopic (exact) mass is 626 g/mol. The van der Waals surface area contributed by atoms with Crippen molar-refractivity contribution < 1.29 is 0 Å². The highest BCUT2D eigenvalue weighted by atomic mass is 35.5. The molecule has 0 aliphatic rings. The van der Waals surface area contributed by atoms with Crippen LogP contribution in [-0.4, -0.2) is 49.7 Å². The lowest BCUT2D eigenvalue weighted by molar-refractivity contribution is 0.739. The Balaban J connectivity index is 1.47. The van der Waals surface area contributed by atoms with Gasteiger partial charge in [-0.1, -0.05) is 58.9 Å². The van der Waals surface area contributed by atoms with Crippen LogP contribution in [0.1, 0.15) is 26.7 Å². The molecule has 0 saturated heterocycles. The van der Waals surface area contributed by atoms with E-state index >= 15 is 0 Å². The fourth-order valence-corrected chi connectivity index (χ4v) is 6.10. The average Bonchev–Trinajstić information content (AvgIpc) is 3.44. The molecule has 4 aromatic heterocycles. The van der Waals surface area contributed by atoms with Gasteiger partial charge in [0, 0.05) is 48.8 Å². The van der Waals surface area contributed by atoms with Gasteiger partial charge < -0.3 is 9.13 Å². The first-order chi connectivity index (χ1) is 19.0. The Labute approximate surface area is 246 Å². The zero-order valence-electron chi connectivity index (χ0n) is 22.3. The smallest absolute Gasteiger partial charge is 0.309 e. The van der Waals surface area contributed by atoms with E-state index in [2.05, 4.69) is 19.9 Å². The molecule has 0 spiro atoms. The Morgan fingerprint density at radius 2 is 1.12 bits per heavy atom. The predicted octanol–water partition coefficient (Wildman–Crippen LogP) is 3.11. The van der Waals surface area contributed by atoms with E-state index in [1.807, 2.05) is 0 Å². The first-order valence-electron chi connectivity index (χ1n) is 12.3. The van der Waals surface area contributed by atoms with E-state index in [0.29, 0.717) is 55.8 Å². The van der Waals surface area contributed by atoms with Crippen molar-refractivity contribution in [3.05, 3.63) is 63.9 Å². The van der Waals surface area contributed by atoms with Crippen LogP contribution in [0.4, 0.5) is 0 Å². The lowest BCUT2D eigenvalue weighted by Gasteiger charge is -2.07. The molecule has 0 atom stereocenters. The van der Waals surface area contributed by atoms with E-state index in [9.17, 15) is 19.2 Å². The van der Waals surface area contributed by atoms with Gasteiger partial charge in [0.1, 0.15) is 0 Å². The molecule has 0 radical (unpaired) electrons. The highest BCUT2D eigenvalue weighted by Crippen LogP contribution is 2.26. The predicted molar refractivity (Wildman–Crippen MR) is 161 cm³/mol. The summed E-state index contributed by atoms with van der Waals surface area (Å²) in [6.07, 6.45) is 5.23. The van der Waals surface area contributed by atoms with Crippen LogP contribution in [0.5, 0.6) is 0 Å². The van der Waals surface area contributed by atoms with Crippen LogP contribution >= 0.6 is 46.7 Å². The first-order valence-corrected chi connectivity index (χ1v) is 15.0. The summed E-state index contributed by atoms with van der Waals surface area (Å²) >= 11 is 15.0. The van der Waals surface area contributed by atoms with Gasteiger partial charge >= 0.3 is 11.4 Å². The van der Waals surface area contributed by atoms with Gasteiger partial charge in [-0.2, -0.15) is 0 Å². The molecule has 0 aromatic carbocycles. The molecule has 4 aromatic rings. The number of H-pyrrole nitrogens is 2. The minimum Gasteiger partial charge on any atom is -0.309 e. The number of allylic oxidation sites excluding steroid dienone is 4. The number of imidazole rings is 2. The van der Waals surface area contributed by atoms with Crippen LogP contribution in [0.25, 0.3) is 22.3 Å². The molecule has 12 nitrogen and oxygen atoms in total. The average molecular weight is 628 g/mol. The summed E-state index contributed by atoms with van der Waals surface area (Å²) in [4.78, 5) is 63.1. The van der Waals surface area contributed by atoms with E-state index in [1.165, 1.54) is 32.7 Å². The van der Waals surface area contributed by atoms with E-state index in [4.69, 9.17) is 23.2 Å². The molecule has 4 rings (SSSR count). The van der Waals surface area contributed by atoms with Crippen molar-refractivity contribution in [3.8, 4) is 0 Å². The Kier molecular flexibility index (Phi) is 9.54. The summed E-state index contributed by atoms with van der Waals surface area (Å²) in [7, 11) is 3.13. The molecule has 0 aliphatic heterocycles. The second kappa shape index (κ2) is 12.7. The molecule has 2 N–H and O–H groups in total. The Morgan fingerprint density at radius 3 is 1.48 bits per heavy atom. The van der Waals surface area contributed by atoms with Gasteiger partial charge in [0.15, 0.2) is 32.6 Å². The molecule has 0 unspecified atom stereocenters. The number of halogens is 2. The van der Waals surface area contributed by atoms with Gasteiger partial charge in [0.05, 0.1) is 0 Å². The lowest BCUT2D eigenvalue weighted by Crippen LogP contribution is -2.29. The first kappa shape index (κ1) is 30.0. The highest BCUT2D eigenvalue weighted by molar-refractivity contribution is 7.99. The van der Waals surface area contributed by atoms with Crippen LogP contribution in [0.2, 0.25) is 0 Å². The Hall–Kier alpha value is -2.94. The van der Waals surface area contributed by atoms with Crippen molar-refractivity contribution in [2.24, 2.45) is 14.1 Å². The number of nitrogens with zero attached hydrogens (tertiary/aromatic N) is 6. The number of fused-ring (bicyclic) bond motifs is 2. The number of hydrogen-bond acceptors (Lipinski definition) is 8. The third kappa shape index (κ3) is 6.35. The van der Waals surface area contributed by atoms with E-state index in [-0.39, 0.29) is 0 Å². The van der Waals surface area contributed by atoms with Gasteiger partial charge in [0.2, 0.25) is 0 Å². The van der Waals surface area contributed by atoms with Gasteiger partial charge in [-0.25, -0.2) is 19.6 Å². The molecule has 0 saturated carbocycles. The van der Waals surface area contributed by atoms with Crippen molar-refractivity contribution in [1.29, 1.82) is 0 Å². The van der Waals surface area contributed by atoms with Gasteiger partial charge in [-0.15, -0.1) is 0 Å². The van der Waals surface area contributed by atoms with Crippen molar-refractivity contribution in [2.45, 2.75) is 50.1 Å². The molecule has 40 heavy (non-hydrogen) atoms. The maximum Gasteiger partial charge on any atom is 0.329 e. The fraction of sp³-hybridized carbons (Fsp3) is 0.417. The second-order valence-electron chi connectivity index (χ2n) is 8.98. The minimum atomic E-state index is -0.524. The molecule has 0 amide bonds. The second-order valence-corrected chi connectivity index (χ2v) is 12.3. The summed E-state index contributed by atoms with van der Waals surface area (Å²) in [5, 5.41) is 2.41. The Morgan fingerprint density at radius 1 is 0.750 bits per heavy atom.